The highest BCUT2D eigenvalue weighted by molar-refractivity contribution is 5.81. The molecule has 1 fully saturated rings. The zero-order valence-electron chi connectivity index (χ0n) is 13.2. The normalized spacial score (nSPS) is 18.0. The molecule has 0 amide bonds. The van der Waals surface area contributed by atoms with Gasteiger partial charge in [0.2, 0.25) is 0 Å². The molecule has 1 unspecified atom stereocenters. The molecule has 1 saturated carbocycles. The van der Waals surface area contributed by atoms with Gasteiger partial charge in [-0.25, -0.2) is 4.79 Å². The van der Waals surface area contributed by atoms with Gasteiger partial charge in [0.1, 0.15) is 0 Å². The third kappa shape index (κ3) is 3.63. The first-order chi connectivity index (χ1) is 9.99. The van der Waals surface area contributed by atoms with Crippen LogP contribution in [-0.2, 0) is 10.3 Å². The van der Waals surface area contributed by atoms with Crippen molar-refractivity contribution in [1.82, 2.24) is 10.2 Å². The van der Waals surface area contributed by atoms with Crippen LogP contribution in [0.25, 0.3) is 0 Å². The van der Waals surface area contributed by atoms with E-state index in [-0.39, 0.29) is 0 Å². The summed E-state index contributed by atoms with van der Waals surface area (Å²) in [7, 11) is 0. The number of benzene rings is 1. The van der Waals surface area contributed by atoms with E-state index in [4.69, 9.17) is 0 Å². The van der Waals surface area contributed by atoms with Crippen molar-refractivity contribution in [3.63, 3.8) is 0 Å². The van der Waals surface area contributed by atoms with Crippen LogP contribution in [0.15, 0.2) is 30.3 Å². The van der Waals surface area contributed by atoms with Crippen LogP contribution in [0.2, 0.25) is 0 Å². The zero-order chi connectivity index (χ0) is 15.5. The van der Waals surface area contributed by atoms with Gasteiger partial charge in [-0.05, 0) is 38.8 Å². The molecule has 4 heteroatoms. The molecule has 0 bridgehead atoms. The largest absolute Gasteiger partial charge is 0.480 e. The van der Waals surface area contributed by atoms with E-state index in [2.05, 4.69) is 31.0 Å². The first-order valence-corrected chi connectivity index (χ1v) is 7.80. The highest BCUT2D eigenvalue weighted by Crippen LogP contribution is 2.30. The van der Waals surface area contributed by atoms with Crippen molar-refractivity contribution < 1.29 is 9.90 Å². The number of nitrogens with zero attached hydrogens (tertiary/aromatic N) is 1. The molecule has 2 rings (SSSR count). The molecule has 1 aromatic carbocycles. The number of likely N-dealkylation sites (N-methyl/N-ethyl adjacent to an activating group) is 1. The summed E-state index contributed by atoms with van der Waals surface area (Å²) in [5, 5.41) is 13.4. The molecule has 4 nitrogen and oxygen atoms in total. The predicted octanol–water partition coefficient (Wildman–Crippen LogP) is 2.45. The van der Waals surface area contributed by atoms with E-state index >= 15 is 0 Å². The molecule has 0 aromatic heterocycles. The van der Waals surface area contributed by atoms with Crippen molar-refractivity contribution >= 4 is 5.97 Å². The molecule has 116 valence electrons. The molecule has 0 saturated heterocycles. The summed E-state index contributed by atoms with van der Waals surface area (Å²) in [6, 6.07) is 10.2. The van der Waals surface area contributed by atoms with Gasteiger partial charge in [-0.15, -0.1) is 0 Å². The lowest BCUT2D eigenvalue weighted by atomic mass is 9.88. The second kappa shape index (κ2) is 6.58. The highest BCUT2D eigenvalue weighted by Gasteiger charge is 2.45. The van der Waals surface area contributed by atoms with Crippen LogP contribution >= 0.6 is 0 Å². The SMILES string of the molecule is CCN(CC(NC1CC1)(C(=O)O)c1ccccc1)C(C)C. The van der Waals surface area contributed by atoms with Crippen LogP contribution in [-0.4, -0.2) is 41.1 Å². The minimum atomic E-state index is -1.03. The molecule has 1 aliphatic rings. The maximum Gasteiger partial charge on any atom is 0.329 e. The van der Waals surface area contributed by atoms with E-state index in [9.17, 15) is 9.90 Å². The van der Waals surface area contributed by atoms with Crippen LogP contribution in [0.4, 0.5) is 0 Å². The number of carboxylic acids is 1. The monoisotopic (exact) mass is 290 g/mol. The van der Waals surface area contributed by atoms with Crippen molar-refractivity contribution in [2.75, 3.05) is 13.1 Å². The first kappa shape index (κ1) is 16.0. The molecule has 2 N–H and O–H groups in total. The third-order valence-corrected chi connectivity index (χ3v) is 4.24. The molecule has 1 aliphatic carbocycles. The van der Waals surface area contributed by atoms with Crippen molar-refractivity contribution in [2.45, 2.75) is 51.2 Å². The number of carbonyl (C=O) groups is 1. The molecule has 0 radical (unpaired) electrons. The van der Waals surface area contributed by atoms with Crippen LogP contribution in [0.1, 0.15) is 39.2 Å². The number of hydrogen-bond acceptors (Lipinski definition) is 3. The first-order valence-electron chi connectivity index (χ1n) is 7.80. The molecule has 0 heterocycles. The molecule has 21 heavy (non-hydrogen) atoms. The highest BCUT2D eigenvalue weighted by atomic mass is 16.4. The smallest absolute Gasteiger partial charge is 0.329 e. The summed E-state index contributed by atoms with van der Waals surface area (Å²) in [6.07, 6.45) is 2.13. The molecular weight excluding hydrogens is 264 g/mol. The van der Waals surface area contributed by atoms with Crippen LogP contribution < -0.4 is 5.32 Å². The summed E-state index contributed by atoms with van der Waals surface area (Å²) < 4.78 is 0. The Hall–Kier alpha value is -1.39. The second-order valence-corrected chi connectivity index (χ2v) is 6.15. The van der Waals surface area contributed by atoms with E-state index in [1.807, 2.05) is 30.3 Å². The fraction of sp³-hybridized carbons (Fsp3) is 0.588. The lowest BCUT2D eigenvalue weighted by molar-refractivity contribution is -0.146. The Balaban J connectivity index is 2.37. The summed E-state index contributed by atoms with van der Waals surface area (Å²) in [5.41, 5.74) is -0.189. The maximum atomic E-state index is 12.2. The van der Waals surface area contributed by atoms with E-state index < -0.39 is 11.5 Å². The Morgan fingerprint density at radius 2 is 2.00 bits per heavy atom. The fourth-order valence-electron chi connectivity index (χ4n) is 2.74. The number of aliphatic carboxylic acids is 1. The van der Waals surface area contributed by atoms with Gasteiger partial charge in [-0.3, -0.25) is 10.2 Å². The molecule has 0 spiro atoms. The Kier molecular flexibility index (Phi) is 5.01. The number of carboxylic acid groups (broad SMARTS) is 1. The van der Waals surface area contributed by atoms with Crippen molar-refractivity contribution in [3.05, 3.63) is 35.9 Å². The van der Waals surface area contributed by atoms with E-state index in [1.54, 1.807) is 0 Å². The van der Waals surface area contributed by atoms with Gasteiger partial charge in [-0.1, -0.05) is 37.3 Å². The van der Waals surface area contributed by atoms with Gasteiger partial charge in [0.15, 0.2) is 5.54 Å². The summed E-state index contributed by atoms with van der Waals surface area (Å²) in [6.45, 7) is 7.62. The van der Waals surface area contributed by atoms with Gasteiger partial charge < -0.3 is 5.11 Å². The molecule has 0 aliphatic heterocycles. The van der Waals surface area contributed by atoms with Crippen LogP contribution in [0.5, 0.6) is 0 Å². The number of nitrogens with one attached hydrogen (secondary N) is 1. The topological polar surface area (TPSA) is 52.6 Å². The van der Waals surface area contributed by atoms with Gasteiger partial charge in [0.05, 0.1) is 0 Å². The quantitative estimate of drug-likeness (QED) is 0.772. The molecule has 1 atom stereocenters. The summed E-state index contributed by atoms with van der Waals surface area (Å²) in [4.78, 5) is 14.4. The van der Waals surface area contributed by atoms with Crippen molar-refractivity contribution in [2.24, 2.45) is 0 Å². The van der Waals surface area contributed by atoms with E-state index in [1.165, 1.54) is 0 Å². The lowest BCUT2D eigenvalue weighted by Crippen LogP contribution is -2.58. The van der Waals surface area contributed by atoms with Crippen LogP contribution in [0, 0.1) is 0 Å². The van der Waals surface area contributed by atoms with E-state index in [0.29, 0.717) is 18.6 Å². The number of rotatable bonds is 8. The minimum Gasteiger partial charge on any atom is -0.480 e. The third-order valence-electron chi connectivity index (χ3n) is 4.24. The van der Waals surface area contributed by atoms with E-state index in [0.717, 1.165) is 24.9 Å². The molecular formula is C17H26N2O2. The Labute approximate surface area is 127 Å². The average molecular weight is 290 g/mol. The minimum absolute atomic E-state index is 0.318. The Morgan fingerprint density at radius 1 is 1.38 bits per heavy atom. The lowest BCUT2D eigenvalue weighted by Gasteiger charge is -2.38. The number of hydrogen-bond donors (Lipinski definition) is 2. The summed E-state index contributed by atoms with van der Waals surface area (Å²) >= 11 is 0. The predicted molar refractivity (Wildman–Crippen MR) is 84.3 cm³/mol. The Morgan fingerprint density at radius 3 is 2.43 bits per heavy atom. The van der Waals surface area contributed by atoms with Gasteiger partial charge in [0, 0.05) is 18.6 Å². The van der Waals surface area contributed by atoms with Gasteiger partial charge in [-0.2, -0.15) is 0 Å². The average Bonchev–Trinajstić information content (AvgIpc) is 3.27. The van der Waals surface area contributed by atoms with Crippen molar-refractivity contribution in [3.8, 4) is 0 Å². The maximum absolute atomic E-state index is 12.2. The fourth-order valence-corrected chi connectivity index (χ4v) is 2.74. The van der Waals surface area contributed by atoms with Gasteiger partial charge >= 0.3 is 5.97 Å². The van der Waals surface area contributed by atoms with Crippen LogP contribution in [0.3, 0.4) is 0 Å². The van der Waals surface area contributed by atoms with Gasteiger partial charge in [0.25, 0.3) is 0 Å². The standard InChI is InChI=1S/C17H26N2O2/c1-4-19(13(2)3)12-17(16(20)21,18-15-10-11-15)14-8-6-5-7-9-14/h5-9,13,15,18H,4,10-12H2,1-3H3,(H,20,21). The summed E-state index contributed by atoms with van der Waals surface area (Å²) in [5.74, 6) is -0.792. The zero-order valence-corrected chi connectivity index (χ0v) is 13.2. The Bertz CT molecular complexity index is 471. The molecule has 1 aromatic rings. The second-order valence-electron chi connectivity index (χ2n) is 6.15. The van der Waals surface area contributed by atoms with Crippen molar-refractivity contribution in [1.29, 1.82) is 0 Å².